The molecule has 1 aromatic heterocycles. The summed E-state index contributed by atoms with van der Waals surface area (Å²) in [6.07, 6.45) is 4.05. The smallest absolute Gasteiger partial charge is 0.230 e. The number of anilines is 2. The highest BCUT2D eigenvalue weighted by atomic mass is 32.1. The van der Waals surface area contributed by atoms with Crippen LogP contribution in [0.1, 0.15) is 42.2 Å². The van der Waals surface area contributed by atoms with Crippen molar-refractivity contribution in [3.63, 3.8) is 0 Å². The molecule has 0 bridgehead atoms. The predicted molar refractivity (Wildman–Crippen MR) is 129 cm³/mol. The minimum atomic E-state index is -0.0221. The Balaban J connectivity index is 1.29. The Morgan fingerprint density at radius 3 is 2.69 bits per heavy atom. The van der Waals surface area contributed by atoms with Crippen molar-refractivity contribution in [2.45, 2.75) is 52.0 Å². The number of nitrogens with zero attached hydrogens (tertiary/aromatic N) is 2. The van der Waals surface area contributed by atoms with Crippen LogP contribution in [0.15, 0.2) is 48.5 Å². The molecule has 1 N–H and O–H groups in total. The Kier molecular flexibility index (Phi) is 5.55. The van der Waals surface area contributed by atoms with Gasteiger partial charge in [0.15, 0.2) is 5.13 Å². The largest absolute Gasteiger partial charge is 0.309 e. The molecule has 0 saturated heterocycles. The molecule has 0 radical (unpaired) electrons. The van der Waals surface area contributed by atoms with Gasteiger partial charge in [0.05, 0.1) is 5.69 Å². The van der Waals surface area contributed by atoms with Crippen LogP contribution in [0.3, 0.4) is 0 Å². The SMILES string of the molecule is Cc1sc(NC(=O)CCc2ccccc2)nc1-c1ccc2c(c1)C[C@H](C)N2C(=O)C1CC1. The van der Waals surface area contributed by atoms with Crippen LogP contribution in [0.5, 0.6) is 0 Å². The number of thiazole rings is 1. The minimum absolute atomic E-state index is 0.0221. The summed E-state index contributed by atoms with van der Waals surface area (Å²) in [7, 11) is 0. The number of carbonyl (C=O) groups excluding carboxylic acids is 2. The Labute approximate surface area is 192 Å². The standard InChI is InChI=1S/C26H27N3O2S/c1-16-14-21-15-20(11-12-22(21)29(16)25(31)19-9-10-19)24-17(2)32-26(28-24)27-23(30)13-8-18-6-4-3-5-7-18/h3-7,11-12,15-16,19H,8-10,13-14H2,1-2H3,(H,27,28,30)/t16-/m0/s1. The molecule has 1 saturated carbocycles. The summed E-state index contributed by atoms with van der Waals surface area (Å²) in [5, 5.41) is 3.59. The highest BCUT2D eigenvalue weighted by Gasteiger charge is 2.39. The van der Waals surface area contributed by atoms with Crippen molar-refractivity contribution in [3.05, 3.63) is 64.5 Å². The van der Waals surface area contributed by atoms with E-state index in [9.17, 15) is 9.59 Å². The van der Waals surface area contributed by atoms with Gasteiger partial charge in [0.25, 0.3) is 0 Å². The molecule has 1 atom stereocenters. The number of hydrogen-bond acceptors (Lipinski definition) is 4. The van der Waals surface area contributed by atoms with Gasteiger partial charge in [-0.05, 0) is 62.8 Å². The van der Waals surface area contributed by atoms with E-state index in [-0.39, 0.29) is 23.8 Å². The third-order valence-electron chi connectivity index (χ3n) is 6.26. The third-order valence-corrected chi connectivity index (χ3v) is 7.15. The summed E-state index contributed by atoms with van der Waals surface area (Å²) in [5.74, 6) is 0.470. The van der Waals surface area contributed by atoms with E-state index in [1.165, 1.54) is 16.9 Å². The molecule has 3 aromatic rings. The van der Waals surface area contributed by atoms with Gasteiger partial charge < -0.3 is 10.2 Å². The molecule has 6 heteroatoms. The molecule has 2 aliphatic rings. The quantitative estimate of drug-likeness (QED) is 0.554. The lowest BCUT2D eigenvalue weighted by Gasteiger charge is -2.22. The van der Waals surface area contributed by atoms with Crippen LogP contribution in [-0.2, 0) is 22.4 Å². The number of nitrogens with one attached hydrogen (secondary N) is 1. The molecule has 0 unspecified atom stereocenters. The fraction of sp³-hybridized carbons (Fsp3) is 0.346. The first kappa shape index (κ1) is 20.9. The maximum Gasteiger partial charge on any atom is 0.230 e. The zero-order valence-corrected chi connectivity index (χ0v) is 19.2. The first-order valence-corrected chi connectivity index (χ1v) is 12.1. The van der Waals surface area contributed by atoms with Gasteiger partial charge in [-0.15, -0.1) is 11.3 Å². The predicted octanol–water partition coefficient (Wildman–Crippen LogP) is 5.38. The van der Waals surface area contributed by atoms with Gasteiger partial charge in [0, 0.05) is 34.5 Å². The van der Waals surface area contributed by atoms with E-state index in [4.69, 9.17) is 4.98 Å². The second kappa shape index (κ2) is 8.51. The second-order valence-electron chi connectivity index (χ2n) is 8.84. The molecule has 2 aromatic carbocycles. The van der Waals surface area contributed by atoms with E-state index >= 15 is 0 Å². The van der Waals surface area contributed by atoms with Gasteiger partial charge in [-0.1, -0.05) is 36.4 Å². The monoisotopic (exact) mass is 445 g/mol. The van der Waals surface area contributed by atoms with E-state index < -0.39 is 0 Å². The number of fused-ring (bicyclic) bond motifs is 1. The molecule has 2 amide bonds. The third kappa shape index (κ3) is 4.19. The Morgan fingerprint density at radius 1 is 1.16 bits per heavy atom. The summed E-state index contributed by atoms with van der Waals surface area (Å²) >= 11 is 1.50. The van der Waals surface area contributed by atoms with Crippen LogP contribution in [-0.4, -0.2) is 22.8 Å². The van der Waals surface area contributed by atoms with Crippen LogP contribution in [0.2, 0.25) is 0 Å². The molecule has 2 heterocycles. The summed E-state index contributed by atoms with van der Waals surface area (Å²) < 4.78 is 0. The summed E-state index contributed by atoms with van der Waals surface area (Å²) in [5.41, 5.74) is 5.33. The average Bonchev–Trinajstić information content (AvgIpc) is 3.50. The summed E-state index contributed by atoms with van der Waals surface area (Å²) in [4.78, 5) is 32.9. The molecular formula is C26H27N3O2S. The molecule has 1 aliphatic carbocycles. The van der Waals surface area contributed by atoms with Gasteiger partial charge >= 0.3 is 0 Å². The van der Waals surface area contributed by atoms with E-state index in [0.29, 0.717) is 18.0 Å². The van der Waals surface area contributed by atoms with Crippen molar-refractivity contribution in [2.75, 3.05) is 10.2 Å². The normalized spacial score (nSPS) is 17.3. The van der Waals surface area contributed by atoms with E-state index in [1.807, 2.05) is 48.2 Å². The summed E-state index contributed by atoms with van der Waals surface area (Å²) in [6, 6.07) is 16.5. The molecule has 1 aliphatic heterocycles. The minimum Gasteiger partial charge on any atom is -0.309 e. The molecular weight excluding hydrogens is 418 g/mol. The van der Waals surface area contributed by atoms with Crippen LogP contribution in [0.4, 0.5) is 10.8 Å². The maximum absolute atomic E-state index is 12.7. The van der Waals surface area contributed by atoms with Crippen molar-refractivity contribution in [3.8, 4) is 11.3 Å². The Bertz CT molecular complexity index is 1170. The molecule has 5 rings (SSSR count). The Hall–Kier alpha value is -2.99. The zero-order chi connectivity index (χ0) is 22.2. The van der Waals surface area contributed by atoms with Gasteiger partial charge in [0.2, 0.25) is 11.8 Å². The average molecular weight is 446 g/mol. The number of benzene rings is 2. The van der Waals surface area contributed by atoms with Gasteiger partial charge in [-0.3, -0.25) is 9.59 Å². The first-order valence-electron chi connectivity index (χ1n) is 11.3. The van der Waals surface area contributed by atoms with E-state index in [0.717, 1.165) is 46.6 Å². The number of rotatable bonds is 6. The zero-order valence-electron chi connectivity index (χ0n) is 18.4. The number of aromatic nitrogens is 1. The number of carbonyl (C=O) groups is 2. The molecule has 1 fully saturated rings. The lowest BCUT2D eigenvalue weighted by Crippen LogP contribution is -2.36. The number of amides is 2. The van der Waals surface area contributed by atoms with Crippen molar-refractivity contribution in [1.82, 2.24) is 4.98 Å². The van der Waals surface area contributed by atoms with Crippen molar-refractivity contribution >= 4 is 34.0 Å². The molecule has 0 spiro atoms. The number of aryl methyl sites for hydroxylation is 2. The van der Waals surface area contributed by atoms with Gasteiger partial charge in [-0.2, -0.15) is 0 Å². The van der Waals surface area contributed by atoms with Crippen LogP contribution >= 0.6 is 11.3 Å². The van der Waals surface area contributed by atoms with Gasteiger partial charge in [0.1, 0.15) is 0 Å². The molecule has 164 valence electrons. The highest BCUT2D eigenvalue weighted by molar-refractivity contribution is 7.16. The maximum atomic E-state index is 12.7. The van der Waals surface area contributed by atoms with Crippen LogP contribution in [0, 0.1) is 12.8 Å². The fourth-order valence-electron chi connectivity index (χ4n) is 4.44. The van der Waals surface area contributed by atoms with Gasteiger partial charge in [-0.25, -0.2) is 4.98 Å². The van der Waals surface area contributed by atoms with Crippen molar-refractivity contribution in [2.24, 2.45) is 5.92 Å². The first-order chi connectivity index (χ1) is 15.5. The van der Waals surface area contributed by atoms with E-state index in [2.05, 4.69) is 24.4 Å². The highest BCUT2D eigenvalue weighted by Crippen LogP contribution is 2.41. The van der Waals surface area contributed by atoms with Crippen molar-refractivity contribution in [1.29, 1.82) is 0 Å². The molecule has 5 nitrogen and oxygen atoms in total. The Morgan fingerprint density at radius 2 is 1.94 bits per heavy atom. The van der Waals surface area contributed by atoms with Crippen LogP contribution in [0.25, 0.3) is 11.3 Å². The second-order valence-corrected chi connectivity index (χ2v) is 10.0. The van der Waals surface area contributed by atoms with E-state index in [1.54, 1.807) is 0 Å². The summed E-state index contributed by atoms with van der Waals surface area (Å²) in [6.45, 7) is 4.16. The topological polar surface area (TPSA) is 62.3 Å². The molecule has 32 heavy (non-hydrogen) atoms. The fourth-order valence-corrected chi connectivity index (χ4v) is 5.30. The van der Waals surface area contributed by atoms with Crippen LogP contribution < -0.4 is 10.2 Å². The van der Waals surface area contributed by atoms with Crippen molar-refractivity contribution < 1.29 is 9.59 Å². The lowest BCUT2D eigenvalue weighted by atomic mass is 10.0. The lowest BCUT2D eigenvalue weighted by molar-refractivity contribution is -0.120. The number of hydrogen-bond donors (Lipinski definition) is 1.